The third-order valence-electron chi connectivity index (χ3n) is 4.77. The third kappa shape index (κ3) is 2.13. The maximum absolute atomic E-state index is 12.8. The van der Waals surface area contributed by atoms with Crippen LogP contribution in [0.2, 0.25) is 0 Å². The van der Waals surface area contributed by atoms with Crippen LogP contribution in [0.25, 0.3) is 11.1 Å². The first kappa shape index (κ1) is 14.9. The third-order valence-corrected chi connectivity index (χ3v) is 4.77. The molecule has 2 aliphatic rings. The van der Waals surface area contributed by atoms with Gasteiger partial charge < -0.3 is 9.47 Å². The molecule has 1 saturated heterocycles. The van der Waals surface area contributed by atoms with Gasteiger partial charge in [0.15, 0.2) is 5.41 Å². The van der Waals surface area contributed by atoms with Gasteiger partial charge in [0, 0.05) is 26.7 Å². The Hall–Kier alpha value is -2.62. The van der Waals surface area contributed by atoms with E-state index in [0.29, 0.717) is 0 Å². The van der Waals surface area contributed by atoms with Gasteiger partial charge in [-0.3, -0.25) is 9.59 Å². The highest BCUT2D eigenvalue weighted by Crippen LogP contribution is 2.44. The molecule has 0 saturated carbocycles. The fourth-order valence-electron chi connectivity index (χ4n) is 3.62. The molecule has 1 aliphatic heterocycles. The molecule has 122 valence electrons. The fourth-order valence-corrected chi connectivity index (χ4v) is 3.62. The Labute approximate surface area is 140 Å². The normalized spacial score (nSPS) is 20.4. The number of carbonyl (C=O) groups is 2. The van der Waals surface area contributed by atoms with E-state index in [0.717, 1.165) is 22.3 Å². The molecule has 0 radical (unpaired) electrons. The minimum Gasteiger partial charge on any atom is -0.422 e. The number of benzene rings is 2. The van der Waals surface area contributed by atoms with E-state index in [4.69, 9.17) is 9.47 Å². The van der Waals surface area contributed by atoms with Gasteiger partial charge in [-0.15, -0.1) is 0 Å². The first-order chi connectivity index (χ1) is 11.4. The van der Waals surface area contributed by atoms with Crippen molar-refractivity contribution in [2.75, 3.05) is 0 Å². The largest absolute Gasteiger partial charge is 0.422 e. The fraction of sp³-hybridized carbons (Fsp3) is 0.300. The summed E-state index contributed by atoms with van der Waals surface area (Å²) in [7, 11) is 0. The molecular weight excluding hydrogens is 304 g/mol. The standard InChI is InChI=1S/C20H18O4/c1-19(2)23-17(21)20(18(22)24-19)11-13-7-3-5-9-15(13)16-10-6-4-8-14(16)12-20/h3-10H,11-12H2,1-2H3. The van der Waals surface area contributed by atoms with Crippen molar-refractivity contribution in [1.29, 1.82) is 0 Å². The average Bonchev–Trinajstić information content (AvgIpc) is 2.68. The number of esters is 2. The van der Waals surface area contributed by atoms with E-state index < -0.39 is 23.1 Å². The molecule has 0 bridgehead atoms. The summed E-state index contributed by atoms with van der Waals surface area (Å²) in [6, 6.07) is 15.7. The maximum Gasteiger partial charge on any atom is 0.327 e. The van der Waals surface area contributed by atoms with Crippen LogP contribution >= 0.6 is 0 Å². The van der Waals surface area contributed by atoms with Crippen LogP contribution < -0.4 is 0 Å². The molecule has 0 N–H and O–H groups in total. The summed E-state index contributed by atoms with van der Waals surface area (Å²) in [5.74, 6) is -2.23. The minimum atomic E-state index is -1.32. The van der Waals surface area contributed by atoms with Crippen molar-refractivity contribution in [2.24, 2.45) is 5.41 Å². The molecule has 0 atom stereocenters. The van der Waals surface area contributed by atoms with Gasteiger partial charge in [-0.05, 0) is 22.3 Å². The van der Waals surface area contributed by atoms with Crippen molar-refractivity contribution in [3.63, 3.8) is 0 Å². The lowest BCUT2D eigenvalue weighted by molar-refractivity contribution is -0.251. The topological polar surface area (TPSA) is 52.6 Å². The molecule has 0 aromatic heterocycles. The first-order valence-corrected chi connectivity index (χ1v) is 8.04. The summed E-state index contributed by atoms with van der Waals surface area (Å²) < 4.78 is 10.9. The summed E-state index contributed by atoms with van der Waals surface area (Å²) in [5, 5.41) is 0. The number of hydrogen-bond donors (Lipinski definition) is 0. The summed E-state index contributed by atoms with van der Waals surface area (Å²) in [4.78, 5) is 25.7. The van der Waals surface area contributed by atoms with Gasteiger partial charge in [-0.1, -0.05) is 48.5 Å². The Balaban J connectivity index is 1.92. The zero-order chi connectivity index (χ0) is 16.9. The lowest BCUT2D eigenvalue weighted by Gasteiger charge is -2.40. The molecule has 1 heterocycles. The second kappa shape index (κ2) is 4.94. The van der Waals surface area contributed by atoms with Gasteiger partial charge in [-0.25, -0.2) is 0 Å². The van der Waals surface area contributed by atoms with Gasteiger partial charge in [0.05, 0.1) is 0 Å². The summed E-state index contributed by atoms with van der Waals surface area (Å²) >= 11 is 0. The predicted molar refractivity (Wildman–Crippen MR) is 88.0 cm³/mol. The molecule has 4 rings (SSSR count). The second-order valence-corrected chi connectivity index (χ2v) is 6.93. The molecule has 1 spiro atoms. The Morgan fingerprint density at radius 3 is 1.62 bits per heavy atom. The Bertz CT molecular complexity index is 781. The summed E-state index contributed by atoms with van der Waals surface area (Å²) in [6.45, 7) is 3.16. The summed E-state index contributed by atoms with van der Waals surface area (Å²) in [5.41, 5.74) is 2.69. The van der Waals surface area contributed by atoms with Crippen LogP contribution in [-0.2, 0) is 31.9 Å². The average molecular weight is 322 g/mol. The van der Waals surface area contributed by atoms with E-state index in [1.54, 1.807) is 13.8 Å². The molecule has 4 heteroatoms. The highest BCUT2D eigenvalue weighted by molar-refractivity contribution is 6.03. The number of carbonyl (C=O) groups excluding carboxylic acids is 2. The lowest BCUT2D eigenvalue weighted by Crippen LogP contribution is -2.55. The quantitative estimate of drug-likeness (QED) is 0.552. The van der Waals surface area contributed by atoms with Crippen LogP contribution in [0, 0.1) is 5.41 Å². The van der Waals surface area contributed by atoms with Crippen LogP contribution in [0.5, 0.6) is 0 Å². The zero-order valence-corrected chi connectivity index (χ0v) is 13.7. The van der Waals surface area contributed by atoms with Gasteiger partial charge in [0.2, 0.25) is 0 Å². The zero-order valence-electron chi connectivity index (χ0n) is 13.7. The smallest absolute Gasteiger partial charge is 0.327 e. The van der Waals surface area contributed by atoms with Gasteiger partial charge in [0.1, 0.15) is 0 Å². The lowest BCUT2D eigenvalue weighted by atomic mass is 9.77. The molecule has 1 fully saturated rings. The molecular formula is C20H18O4. The molecule has 2 aromatic rings. The van der Waals surface area contributed by atoms with Crippen molar-refractivity contribution < 1.29 is 19.1 Å². The van der Waals surface area contributed by atoms with Crippen LogP contribution in [0.1, 0.15) is 25.0 Å². The van der Waals surface area contributed by atoms with E-state index in [2.05, 4.69) is 0 Å². The Kier molecular flexibility index (Phi) is 3.07. The maximum atomic E-state index is 12.8. The SMILES string of the molecule is CC1(C)OC(=O)C2(Cc3ccccc3-c3ccccc3C2)C(=O)O1. The number of cyclic esters (lactones) is 2. The summed E-state index contributed by atoms with van der Waals surface area (Å²) in [6.07, 6.45) is 0.567. The minimum absolute atomic E-state index is 0.283. The molecule has 0 unspecified atom stereocenters. The second-order valence-electron chi connectivity index (χ2n) is 6.93. The van der Waals surface area contributed by atoms with Gasteiger partial charge in [0.25, 0.3) is 5.79 Å². The van der Waals surface area contributed by atoms with Crippen molar-refractivity contribution in [3.8, 4) is 11.1 Å². The van der Waals surface area contributed by atoms with Gasteiger partial charge in [-0.2, -0.15) is 0 Å². The Morgan fingerprint density at radius 1 is 0.750 bits per heavy atom. The molecule has 4 nitrogen and oxygen atoms in total. The van der Waals surface area contributed by atoms with Crippen molar-refractivity contribution in [2.45, 2.75) is 32.5 Å². The predicted octanol–water partition coefficient (Wildman–Crippen LogP) is 3.27. The van der Waals surface area contributed by atoms with E-state index in [1.165, 1.54) is 0 Å². The van der Waals surface area contributed by atoms with E-state index >= 15 is 0 Å². The molecule has 2 aromatic carbocycles. The number of rotatable bonds is 0. The number of hydrogen-bond acceptors (Lipinski definition) is 4. The van der Waals surface area contributed by atoms with Crippen molar-refractivity contribution in [1.82, 2.24) is 0 Å². The van der Waals surface area contributed by atoms with E-state index in [1.807, 2.05) is 48.5 Å². The van der Waals surface area contributed by atoms with Crippen LogP contribution in [-0.4, -0.2) is 17.7 Å². The van der Waals surface area contributed by atoms with E-state index in [-0.39, 0.29) is 12.8 Å². The highest BCUT2D eigenvalue weighted by atomic mass is 16.7. The van der Waals surface area contributed by atoms with E-state index in [9.17, 15) is 9.59 Å². The van der Waals surface area contributed by atoms with Crippen LogP contribution in [0.15, 0.2) is 48.5 Å². The molecule has 24 heavy (non-hydrogen) atoms. The van der Waals surface area contributed by atoms with Crippen LogP contribution in [0.4, 0.5) is 0 Å². The molecule has 1 aliphatic carbocycles. The van der Waals surface area contributed by atoms with Crippen LogP contribution in [0.3, 0.4) is 0 Å². The van der Waals surface area contributed by atoms with Crippen molar-refractivity contribution in [3.05, 3.63) is 59.7 Å². The van der Waals surface area contributed by atoms with Crippen molar-refractivity contribution >= 4 is 11.9 Å². The number of ether oxygens (including phenoxy) is 2. The van der Waals surface area contributed by atoms with Gasteiger partial charge >= 0.3 is 11.9 Å². The Morgan fingerprint density at radius 2 is 1.17 bits per heavy atom. The monoisotopic (exact) mass is 322 g/mol. The first-order valence-electron chi connectivity index (χ1n) is 8.04. The highest BCUT2D eigenvalue weighted by Gasteiger charge is 2.57. The molecule has 0 amide bonds. The number of fused-ring (bicyclic) bond motifs is 3.